The van der Waals surface area contributed by atoms with Crippen molar-refractivity contribution in [3.63, 3.8) is 0 Å². The molecular weight excluding hydrogens is 260 g/mol. The molecular formula is C18H24N2O. The molecule has 1 aliphatic rings. The third-order valence-corrected chi connectivity index (χ3v) is 4.21. The predicted molar refractivity (Wildman–Crippen MR) is 86.6 cm³/mol. The van der Waals surface area contributed by atoms with Crippen LogP contribution in [-0.4, -0.2) is 12.6 Å². The van der Waals surface area contributed by atoms with E-state index in [1.165, 1.54) is 29.7 Å². The van der Waals surface area contributed by atoms with Gasteiger partial charge < -0.3 is 15.1 Å². The van der Waals surface area contributed by atoms with Crippen LogP contribution in [0.1, 0.15) is 36.7 Å². The minimum Gasteiger partial charge on any atom is -0.469 e. The highest BCUT2D eigenvalue weighted by molar-refractivity contribution is 5.59. The molecule has 1 aromatic heterocycles. The SMILES string of the molecule is CC(CCc1ccco1)NCc1cccc2c1NCCC2. The molecule has 0 amide bonds. The van der Waals surface area contributed by atoms with Crippen LogP contribution in [-0.2, 0) is 19.4 Å². The van der Waals surface area contributed by atoms with Gasteiger partial charge in [0.05, 0.1) is 6.26 Å². The van der Waals surface area contributed by atoms with Crippen LogP contribution >= 0.6 is 0 Å². The molecule has 1 aromatic carbocycles. The lowest BCUT2D eigenvalue weighted by atomic mass is 9.99. The second-order valence-corrected chi connectivity index (χ2v) is 5.88. The molecule has 0 radical (unpaired) electrons. The van der Waals surface area contributed by atoms with Crippen molar-refractivity contribution in [2.75, 3.05) is 11.9 Å². The number of anilines is 1. The molecule has 1 aliphatic heterocycles. The predicted octanol–water partition coefficient (Wildman–Crippen LogP) is 3.75. The number of rotatable bonds is 6. The standard InChI is InChI=1S/C18H24N2O/c1-14(9-10-17-8-4-12-21-17)20-13-16-6-2-5-15-7-3-11-19-18(15)16/h2,4-6,8,12,14,19-20H,3,7,9-11,13H2,1H3. The van der Waals surface area contributed by atoms with Gasteiger partial charge in [0.15, 0.2) is 0 Å². The first kappa shape index (κ1) is 14.2. The van der Waals surface area contributed by atoms with E-state index in [2.05, 4.69) is 35.8 Å². The van der Waals surface area contributed by atoms with E-state index < -0.39 is 0 Å². The molecule has 2 heterocycles. The van der Waals surface area contributed by atoms with E-state index in [-0.39, 0.29) is 0 Å². The summed E-state index contributed by atoms with van der Waals surface area (Å²) >= 11 is 0. The highest BCUT2D eigenvalue weighted by atomic mass is 16.3. The van der Waals surface area contributed by atoms with Gasteiger partial charge in [-0.3, -0.25) is 0 Å². The molecule has 0 bridgehead atoms. The second kappa shape index (κ2) is 6.81. The average molecular weight is 284 g/mol. The number of aryl methyl sites for hydroxylation is 2. The second-order valence-electron chi connectivity index (χ2n) is 5.88. The van der Waals surface area contributed by atoms with E-state index in [1.807, 2.05) is 12.1 Å². The normalized spacial score (nSPS) is 15.3. The summed E-state index contributed by atoms with van der Waals surface area (Å²) in [5, 5.41) is 7.18. The van der Waals surface area contributed by atoms with Crippen molar-refractivity contribution >= 4 is 5.69 Å². The van der Waals surface area contributed by atoms with Crippen LogP contribution in [0.4, 0.5) is 5.69 Å². The maximum Gasteiger partial charge on any atom is 0.103 e. The molecule has 1 unspecified atom stereocenters. The first-order valence-corrected chi connectivity index (χ1v) is 7.93. The van der Waals surface area contributed by atoms with Gasteiger partial charge in [0.25, 0.3) is 0 Å². The molecule has 0 fully saturated rings. The Kier molecular flexibility index (Phi) is 4.61. The summed E-state index contributed by atoms with van der Waals surface area (Å²) in [4.78, 5) is 0. The third-order valence-electron chi connectivity index (χ3n) is 4.21. The number of hydrogen-bond donors (Lipinski definition) is 2. The molecule has 0 saturated heterocycles. The molecule has 0 saturated carbocycles. The van der Waals surface area contributed by atoms with E-state index in [0.717, 1.165) is 31.7 Å². The molecule has 2 aromatic rings. The topological polar surface area (TPSA) is 37.2 Å². The van der Waals surface area contributed by atoms with Crippen LogP contribution in [0.2, 0.25) is 0 Å². The quantitative estimate of drug-likeness (QED) is 0.848. The maximum absolute atomic E-state index is 5.38. The summed E-state index contributed by atoms with van der Waals surface area (Å²) in [7, 11) is 0. The number of furan rings is 1. The fourth-order valence-corrected chi connectivity index (χ4v) is 2.93. The molecule has 2 N–H and O–H groups in total. The van der Waals surface area contributed by atoms with Crippen molar-refractivity contribution in [3.8, 4) is 0 Å². The van der Waals surface area contributed by atoms with Gasteiger partial charge >= 0.3 is 0 Å². The summed E-state index contributed by atoms with van der Waals surface area (Å²) in [5.74, 6) is 1.07. The fourth-order valence-electron chi connectivity index (χ4n) is 2.93. The van der Waals surface area contributed by atoms with Crippen molar-refractivity contribution in [1.29, 1.82) is 0 Å². The van der Waals surface area contributed by atoms with Gasteiger partial charge in [0.1, 0.15) is 5.76 Å². The zero-order chi connectivity index (χ0) is 14.5. The van der Waals surface area contributed by atoms with Crippen LogP contribution < -0.4 is 10.6 Å². The first-order valence-electron chi connectivity index (χ1n) is 7.93. The lowest BCUT2D eigenvalue weighted by molar-refractivity contribution is 0.460. The Balaban J connectivity index is 1.52. The molecule has 3 rings (SSSR count). The third kappa shape index (κ3) is 3.67. The van der Waals surface area contributed by atoms with Gasteiger partial charge in [0, 0.05) is 31.2 Å². The highest BCUT2D eigenvalue weighted by Crippen LogP contribution is 2.26. The van der Waals surface area contributed by atoms with Crippen LogP contribution in [0.15, 0.2) is 41.0 Å². The molecule has 3 nitrogen and oxygen atoms in total. The number of benzene rings is 1. The van der Waals surface area contributed by atoms with Crippen molar-refractivity contribution in [2.24, 2.45) is 0 Å². The summed E-state index contributed by atoms with van der Waals surface area (Å²) in [5.41, 5.74) is 4.20. The molecule has 0 aliphatic carbocycles. The summed E-state index contributed by atoms with van der Waals surface area (Å²) in [6.45, 7) is 4.26. The van der Waals surface area contributed by atoms with Gasteiger partial charge in [-0.25, -0.2) is 0 Å². The molecule has 0 spiro atoms. The Morgan fingerprint density at radius 2 is 2.24 bits per heavy atom. The van der Waals surface area contributed by atoms with Gasteiger partial charge in [-0.05, 0) is 49.4 Å². The van der Waals surface area contributed by atoms with Crippen LogP contribution in [0.5, 0.6) is 0 Å². The molecule has 112 valence electrons. The van der Waals surface area contributed by atoms with Gasteiger partial charge in [-0.2, -0.15) is 0 Å². The minimum atomic E-state index is 0.481. The maximum atomic E-state index is 5.38. The monoisotopic (exact) mass is 284 g/mol. The number of nitrogens with one attached hydrogen (secondary N) is 2. The largest absolute Gasteiger partial charge is 0.469 e. The molecule has 3 heteroatoms. The lowest BCUT2D eigenvalue weighted by Gasteiger charge is -2.22. The summed E-state index contributed by atoms with van der Waals surface area (Å²) in [6, 6.07) is 11.1. The Hall–Kier alpha value is -1.74. The van der Waals surface area contributed by atoms with Crippen molar-refractivity contribution in [1.82, 2.24) is 5.32 Å². The van der Waals surface area contributed by atoms with Crippen LogP contribution in [0.25, 0.3) is 0 Å². The smallest absolute Gasteiger partial charge is 0.103 e. The van der Waals surface area contributed by atoms with E-state index in [9.17, 15) is 0 Å². The number of para-hydroxylation sites is 1. The Bertz CT molecular complexity index is 563. The zero-order valence-electron chi connectivity index (χ0n) is 12.7. The van der Waals surface area contributed by atoms with Gasteiger partial charge in [0.2, 0.25) is 0 Å². The van der Waals surface area contributed by atoms with Crippen molar-refractivity contribution in [3.05, 3.63) is 53.5 Å². The number of hydrogen-bond acceptors (Lipinski definition) is 3. The minimum absolute atomic E-state index is 0.481. The Morgan fingerprint density at radius 1 is 1.29 bits per heavy atom. The van der Waals surface area contributed by atoms with Crippen molar-refractivity contribution in [2.45, 2.75) is 45.2 Å². The first-order chi connectivity index (χ1) is 10.3. The average Bonchev–Trinajstić information content (AvgIpc) is 3.04. The van der Waals surface area contributed by atoms with Gasteiger partial charge in [-0.15, -0.1) is 0 Å². The zero-order valence-corrected chi connectivity index (χ0v) is 12.7. The Morgan fingerprint density at radius 3 is 3.10 bits per heavy atom. The summed E-state index contributed by atoms with van der Waals surface area (Å²) < 4.78 is 5.38. The van der Waals surface area contributed by atoms with Gasteiger partial charge in [-0.1, -0.05) is 18.2 Å². The van der Waals surface area contributed by atoms with Crippen LogP contribution in [0.3, 0.4) is 0 Å². The Labute approximate surface area is 126 Å². The number of fused-ring (bicyclic) bond motifs is 1. The van der Waals surface area contributed by atoms with E-state index in [4.69, 9.17) is 4.42 Å². The molecule has 21 heavy (non-hydrogen) atoms. The fraction of sp³-hybridized carbons (Fsp3) is 0.444. The lowest BCUT2D eigenvalue weighted by Crippen LogP contribution is -2.27. The summed E-state index contributed by atoms with van der Waals surface area (Å²) in [6.07, 6.45) is 6.27. The van der Waals surface area contributed by atoms with E-state index in [1.54, 1.807) is 6.26 Å². The van der Waals surface area contributed by atoms with Crippen LogP contribution in [0, 0.1) is 0 Å². The highest BCUT2D eigenvalue weighted by Gasteiger charge is 2.12. The van der Waals surface area contributed by atoms with E-state index >= 15 is 0 Å². The van der Waals surface area contributed by atoms with E-state index in [0.29, 0.717) is 6.04 Å². The van der Waals surface area contributed by atoms with Crippen molar-refractivity contribution < 1.29 is 4.42 Å². The molecule has 1 atom stereocenters.